The van der Waals surface area contributed by atoms with Gasteiger partial charge >= 0.3 is 0 Å². The number of nitriles is 2. The third-order valence-electron chi connectivity index (χ3n) is 7.55. The van der Waals surface area contributed by atoms with Gasteiger partial charge in [-0.3, -0.25) is 0 Å². The highest BCUT2D eigenvalue weighted by atomic mass is 15.0. The second-order valence-corrected chi connectivity index (χ2v) is 10.3. The van der Waals surface area contributed by atoms with Crippen molar-refractivity contribution in [2.24, 2.45) is 0 Å². The first-order valence-electron chi connectivity index (χ1n) is 13.4. The molecule has 39 heavy (non-hydrogen) atoms. The number of rotatable bonds is 4. The van der Waals surface area contributed by atoms with Crippen LogP contribution in [0.3, 0.4) is 0 Å². The van der Waals surface area contributed by atoms with Crippen LogP contribution in [0.4, 0.5) is 22.7 Å². The maximum atomic E-state index is 9.73. The van der Waals surface area contributed by atoms with Gasteiger partial charge in [0.2, 0.25) is 0 Å². The minimum Gasteiger partial charge on any atom is -0.376 e. The van der Waals surface area contributed by atoms with E-state index in [2.05, 4.69) is 94.1 Å². The Morgan fingerprint density at radius 3 is 1.38 bits per heavy atom. The molecule has 6 heteroatoms. The molecule has 4 aromatic carbocycles. The van der Waals surface area contributed by atoms with Crippen molar-refractivity contribution in [1.29, 1.82) is 10.5 Å². The van der Waals surface area contributed by atoms with Crippen molar-refractivity contribution in [3.8, 4) is 12.1 Å². The lowest BCUT2D eigenvalue weighted by Crippen LogP contribution is -2.19. The lowest BCUT2D eigenvalue weighted by atomic mass is 9.99. The Bertz CT molecular complexity index is 1420. The molecule has 0 saturated carbocycles. The first-order valence-corrected chi connectivity index (χ1v) is 13.4. The monoisotopic (exact) mass is 510 g/mol. The predicted molar refractivity (Wildman–Crippen MR) is 157 cm³/mol. The molecule has 4 N–H and O–H groups in total. The first kappa shape index (κ1) is 24.4. The minimum atomic E-state index is -0.271. The van der Waals surface area contributed by atoms with Gasteiger partial charge in [-0.25, -0.2) is 0 Å². The Morgan fingerprint density at radius 1 is 0.538 bits per heavy atom. The largest absolute Gasteiger partial charge is 0.376 e. The molecule has 2 aliphatic rings. The normalized spacial score (nSPS) is 21.5. The molecule has 0 saturated heterocycles. The van der Waals surface area contributed by atoms with Crippen LogP contribution in [0.15, 0.2) is 97.1 Å². The van der Waals surface area contributed by atoms with E-state index in [1.165, 1.54) is 22.3 Å². The summed E-state index contributed by atoms with van der Waals surface area (Å²) in [6.07, 6.45) is 2.12. The van der Waals surface area contributed by atoms with Gasteiger partial charge in [0.05, 0.1) is 47.0 Å². The molecule has 0 amide bonds. The SMILES string of the molecule is N#CC1CC(c2ccccc2)Nc2cc(Cc3ccc4c(c3)NC(c3ccccc3)CC(C#N)N4)ccc2N1. The topological polar surface area (TPSA) is 95.7 Å². The van der Waals surface area contributed by atoms with Crippen molar-refractivity contribution in [3.05, 3.63) is 119 Å². The highest BCUT2D eigenvalue weighted by Gasteiger charge is 2.25. The van der Waals surface area contributed by atoms with Crippen LogP contribution < -0.4 is 21.3 Å². The van der Waals surface area contributed by atoms with Gasteiger partial charge in [0.15, 0.2) is 0 Å². The lowest BCUT2D eigenvalue weighted by Gasteiger charge is -2.19. The number of fused-ring (bicyclic) bond motifs is 2. The summed E-state index contributed by atoms with van der Waals surface area (Å²) in [6, 6.07) is 37.8. The van der Waals surface area contributed by atoms with Gasteiger partial charge in [0, 0.05) is 12.8 Å². The zero-order chi connectivity index (χ0) is 26.6. The third-order valence-corrected chi connectivity index (χ3v) is 7.55. The van der Waals surface area contributed by atoms with E-state index >= 15 is 0 Å². The van der Waals surface area contributed by atoms with E-state index < -0.39 is 0 Å². The van der Waals surface area contributed by atoms with Crippen LogP contribution in [0, 0.1) is 22.7 Å². The molecule has 4 unspecified atom stereocenters. The van der Waals surface area contributed by atoms with Gasteiger partial charge in [-0.1, -0.05) is 72.8 Å². The Kier molecular flexibility index (Phi) is 6.76. The fourth-order valence-corrected chi connectivity index (χ4v) is 5.57. The Morgan fingerprint density at radius 2 is 0.974 bits per heavy atom. The summed E-state index contributed by atoms with van der Waals surface area (Å²) in [7, 11) is 0. The molecule has 2 heterocycles. The Balaban J connectivity index is 1.27. The number of hydrogen-bond donors (Lipinski definition) is 4. The third kappa shape index (κ3) is 5.37. The summed E-state index contributed by atoms with van der Waals surface area (Å²) in [5.74, 6) is 0. The molecule has 4 aromatic rings. The van der Waals surface area contributed by atoms with Crippen LogP contribution >= 0.6 is 0 Å². The summed E-state index contributed by atoms with van der Waals surface area (Å²) < 4.78 is 0. The summed E-state index contributed by atoms with van der Waals surface area (Å²) in [6.45, 7) is 0. The predicted octanol–water partition coefficient (Wildman–Crippen LogP) is 7.00. The zero-order valence-corrected chi connectivity index (χ0v) is 21.6. The summed E-state index contributed by atoms with van der Waals surface area (Å²) in [5.41, 5.74) is 8.62. The molecule has 0 radical (unpaired) electrons. The second-order valence-electron chi connectivity index (χ2n) is 10.3. The molecule has 6 nitrogen and oxygen atoms in total. The van der Waals surface area contributed by atoms with Crippen LogP contribution in [-0.4, -0.2) is 12.1 Å². The van der Waals surface area contributed by atoms with Crippen molar-refractivity contribution in [1.82, 2.24) is 0 Å². The number of anilines is 4. The van der Waals surface area contributed by atoms with Gasteiger partial charge in [-0.05, 0) is 52.9 Å². The van der Waals surface area contributed by atoms with E-state index in [0.29, 0.717) is 12.8 Å². The van der Waals surface area contributed by atoms with Gasteiger partial charge in [0.25, 0.3) is 0 Å². The van der Waals surface area contributed by atoms with E-state index in [1.807, 2.05) is 36.4 Å². The second kappa shape index (κ2) is 10.8. The lowest BCUT2D eigenvalue weighted by molar-refractivity contribution is 0.675. The van der Waals surface area contributed by atoms with E-state index in [0.717, 1.165) is 29.2 Å². The average Bonchev–Trinajstić information content (AvgIpc) is 3.29. The number of nitrogens with one attached hydrogen (secondary N) is 4. The molecule has 2 aliphatic heterocycles. The van der Waals surface area contributed by atoms with Crippen LogP contribution in [0.25, 0.3) is 0 Å². The van der Waals surface area contributed by atoms with Crippen molar-refractivity contribution in [2.75, 3.05) is 21.3 Å². The number of hydrogen-bond acceptors (Lipinski definition) is 6. The van der Waals surface area contributed by atoms with Crippen LogP contribution in [-0.2, 0) is 6.42 Å². The molecular weight excluding hydrogens is 480 g/mol. The highest BCUT2D eigenvalue weighted by molar-refractivity contribution is 5.74. The Labute approximate surface area is 229 Å². The standard InChI is InChI=1S/C33H30N6/c34-20-26-18-30(24-7-3-1-4-8-24)38-32-16-22(11-13-28(32)36-26)15-23-12-14-29-33(17-23)39-31(19-27(21-35)37-29)25-9-5-2-6-10-25/h1-14,16-17,26-27,30-31,36-39H,15,18-19H2. The molecule has 192 valence electrons. The fraction of sp³-hybridized carbons (Fsp3) is 0.212. The molecule has 0 fully saturated rings. The van der Waals surface area contributed by atoms with Crippen LogP contribution in [0.5, 0.6) is 0 Å². The molecule has 0 aromatic heterocycles. The fourth-order valence-electron chi connectivity index (χ4n) is 5.57. The number of benzene rings is 4. The molecule has 6 rings (SSSR count). The van der Waals surface area contributed by atoms with Gasteiger partial charge in [-0.15, -0.1) is 0 Å². The molecule has 0 aliphatic carbocycles. The van der Waals surface area contributed by atoms with Crippen LogP contribution in [0.1, 0.15) is 47.2 Å². The van der Waals surface area contributed by atoms with Gasteiger partial charge < -0.3 is 21.3 Å². The highest BCUT2D eigenvalue weighted by Crippen LogP contribution is 2.37. The number of nitrogens with zero attached hydrogens (tertiary/aromatic N) is 2. The van der Waals surface area contributed by atoms with Crippen molar-refractivity contribution < 1.29 is 0 Å². The summed E-state index contributed by atoms with van der Waals surface area (Å²) in [4.78, 5) is 0. The van der Waals surface area contributed by atoms with Crippen molar-refractivity contribution in [2.45, 2.75) is 43.4 Å². The quantitative estimate of drug-likeness (QED) is 0.236. The van der Waals surface area contributed by atoms with Gasteiger partial charge in [-0.2, -0.15) is 10.5 Å². The summed E-state index contributed by atoms with van der Waals surface area (Å²) in [5, 5.41) is 33.7. The smallest absolute Gasteiger partial charge is 0.116 e. The summed E-state index contributed by atoms with van der Waals surface area (Å²) >= 11 is 0. The molecule has 4 atom stereocenters. The van der Waals surface area contributed by atoms with E-state index in [9.17, 15) is 10.5 Å². The molecule has 0 bridgehead atoms. The van der Waals surface area contributed by atoms with Crippen molar-refractivity contribution >= 4 is 22.7 Å². The zero-order valence-electron chi connectivity index (χ0n) is 21.6. The molecule has 0 spiro atoms. The maximum absolute atomic E-state index is 9.73. The van der Waals surface area contributed by atoms with Gasteiger partial charge in [0.1, 0.15) is 12.1 Å². The minimum absolute atomic E-state index is 0.0469. The maximum Gasteiger partial charge on any atom is 0.116 e. The first-order chi connectivity index (χ1) is 19.2. The van der Waals surface area contributed by atoms with E-state index in [4.69, 9.17) is 0 Å². The van der Waals surface area contributed by atoms with Crippen LogP contribution in [0.2, 0.25) is 0 Å². The van der Waals surface area contributed by atoms with E-state index in [1.54, 1.807) is 0 Å². The van der Waals surface area contributed by atoms with Crippen molar-refractivity contribution in [3.63, 3.8) is 0 Å². The van der Waals surface area contributed by atoms with E-state index in [-0.39, 0.29) is 24.2 Å². The Hall–Kier alpha value is -4.94. The average molecular weight is 511 g/mol. The molecular formula is C33H30N6.